The Bertz CT molecular complexity index is 3260. The van der Waals surface area contributed by atoms with Crippen LogP contribution >= 0.6 is 7.82 Å². The van der Waals surface area contributed by atoms with E-state index >= 15 is 0 Å². The lowest BCUT2D eigenvalue weighted by Gasteiger charge is -2.35. The van der Waals surface area contributed by atoms with Crippen LogP contribution in [0, 0.1) is 0 Å². The summed E-state index contributed by atoms with van der Waals surface area (Å²) in [6.45, 7) is 20.4. The number of carbonyl (C=O) groups excluding carboxylic acids is 9. The molecule has 0 saturated carbocycles. The van der Waals surface area contributed by atoms with Crippen LogP contribution in [0.4, 0.5) is 0 Å². The monoisotopic (exact) mass is 2170 g/mol. The number of rotatable bonds is 109. The van der Waals surface area contributed by atoms with Gasteiger partial charge in [0.1, 0.15) is 38.6 Å². The summed E-state index contributed by atoms with van der Waals surface area (Å²) < 4.78 is 78.2. The van der Waals surface area contributed by atoms with E-state index in [1.54, 1.807) is 7.11 Å². The molecule has 0 aliphatic heterocycles. The SMILES string of the molecule is CCC(=O)OC(C(=O)CCCNCCN)C(OC(=O)CC)C(OC(=O)CC)C(OC(=O)CC)C(=O)NCCCCCNC(=O)CCOCCOC.CCCCCCCC/C=C\CCCCCCCCCO[C@H](COC(=O)CCCCCCC/C=C\CCCCCCCC)COP(=O)([O-])OCC[NH3+].CCCCCCCC/C=C\CCCCCCCCCO[C@H](COC(=O)CCCCCCC/C=C\CCCCCCCC)C[N+](C)(C)C.[Cl-]. The number of esters is 6. The molecule has 0 aromatic carbocycles. The number of hydrogen-bond acceptors (Lipinski definition) is 25. The number of phosphoric ester groups is 1. The highest BCUT2D eigenvalue weighted by Gasteiger charge is 2.49. The molecule has 0 aliphatic rings. The van der Waals surface area contributed by atoms with E-state index in [1.807, 2.05) is 0 Å². The van der Waals surface area contributed by atoms with Crippen molar-refractivity contribution in [3.05, 3.63) is 48.6 Å². The minimum Gasteiger partial charge on any atom is -1.00 e. The molecule has 0 radical (unpaired) electrons. The fraction of sp³-hybridized carbons (Fsp3) is 0.857. The third-order valence-electron chi connectivity index (χ3n) is 25.4. The van der Waals surface area contributed by atoms with Gasteiger partial charge in [-0.2, -0.15) is 0 Å². The Morgan fingerprint density at radius 1 is 0.340 bits per heavy atom. The highest BCUT2D eigenvalue weighted by atomic mass is 35.5. The predicted molar refractivity (Wildman–Crippen MR) is 603 cm³/mol. The highest BCUT2D eigenvalue weighted by molar-refractivity contribution is 7.45. The van der Waals surface area contributed by atoms with Gasteiger partial charge in [-0.05, 0) is 161 Å². The van der Waals surface area contributed by atoms with Crippen LogP contribution in [0.3, 0.4) is 0 Å². The third kappa shape index (κ3) is 108. The molecule has 0 heterocycles. The van der Waals surface area contributed by atoms with Crippen molar-refractivity contribution < 1.29 is 132 Å². The Morgan fingerprint density at radius 3 is 1.04 bits per heavy atom. The van der Waals surface area contributed by atoms with E-state index in [0.717, 1.165) is 81.8 Å². The van der Waals surface area contributed by atoms with Gasteiger partial charge < -0.3 is 106 Å². The molecule has 29 nitrogen and oxygen atoms in total. The summed E-state index contributed by atoms with van der Waals surface area (Å²) in [5.74, 6) is -5.41. The van der Waals surface area contributed by atoms with Crippen molar-refractivity contribution >= 4 is 61.2 Å². The van der Waals surface area contributed by atoms with Gasteiger partial charge >= 0.3 is 35.8 Å². The molecule has 0 aromatic heterocycles. The number of phosphoric acid groups is 1. The van der Waals surface area contributed by atoms with Crippen molar-refractivity contribution in [2.75, 3.05) is 134 Å². The standard InChI is InChI=1S/C43H84NO3.C42H82NO7P.C34H60N4O13.ClH/c1-6-8-10-12-14-16-18-20-22-23-25-27-29-31-33-35-37-39-46-42(40-44(3,4)5)41-47-43(45)38-36-34-32-30-28-26-24-21-19-17-15-13-11-9-7-2;1-3-5-7-9-11-13-15-17-19-20-22-24-26-28-30-32-34-37-47-41(40-50-51(45,46)49-38-36-43)39-48-42(44)35-33-31-29-27-25-23-21-18-16-14-12-10-8-6-4-2;1-6-26(41)48-30(24(39)14-13-17-36-20-16-35)31(49-27(42)7-2)32(50-28(43)8-3)33(51-29(44)9-4)34(45)38-19-12-10-11-18-37-25(40)15-21-47-23-22-46-5;/h20-22,24,42H,6-19,23,25-41H2,1-5H3;17-19,21,41H,3-16,20,22-40,43H2,1-2H3,(H,45,46);30-33,36H,6-23,35H2,1-5H3,(H,37,40)(H,38,45);1H/q+1;;;/p-1/b22-20-,24-21-;19-17-,21-18-;;/t42-;41-;;/m01../s1. The molecule has 0 aliphatic carbocycles. The average Bonchev–Trinajstić information content (AvgIpc) is 0.804. The molecule has 882 valence electrons. The maximum atomic E-state index is 13.6. The Hall–Kier alpha value is -5.53. The predicted octanol–water partition coefficient (Wildman–Crippen LogP) is 21.8. The molecule has 7 atom stereocenters. The first-order chi connectivity index (χ1) is 72.3. The van der Waals surface area contributed by atoms with Gasteiger partial charge in [0.15, 0.2) is 18.0 Å². The molecule has 0 saturated heterocycles. The lowest BCUT2D eigenvalue weighted by molar-refractivity contribution is -0.873. The number of ether oxygens (including phenoxy) is 10. The van der Waals surface area contributed by atoms with Crippen LogP contribution in [0.25, 0.3) is 0 Å². The second-order valence-electron chi connectivity index (χ2n) is 40.8. The number of likely N-dealkylation sites (N-methyl/N-ethyl adjacent to an activating group) is 1. The van der Waals surface area contributed by atoms with E-state index in [-0.39, 0.29) is 108 Å². The zero-order chi connectivity index (χ0) is 110. The second-order valence-corrected chi connectivity index (χ2v) is 42.2. The Kier molecular flexibility index (Phi) is 117. The first-order valence-corrected chi connectivity index (χ1v) is 61.4. The Morgan fingerprint density at radius 2 is 0.673 bits per heavy atom. The molecular weight excluding hydrogens is 1950 g/mol. The summed E-state index contributed by atoms with van der Waals surface area (Å²) >= 11 is 0. The number of nitrogens with one attached hydrogen (secondary N) is 3. The van der Waals surface area contributed by atoms with Crippen molar-refractivity contribution in [2.24, 2.45) is 5.73 Å². The van der Waals surface area contributed by atoms with Gasteiger partial charge in [0.25, 0.3) is 13.7 Å². The molecule has 150 heavy (non-hydrogen) atoms. The molecule has 0 spiro atoms. The minimum atomic E-state index is -4.45. The first-order valence-electron chi connectivity index (χ1n) is 60.0. The topological polar surface area (TPSA) is 394 Å². The van der Waals surface area contributed by atoms with Crippen molar-refractivity contribution in [3.63, 3.8) is 0 Å². The third-order valence-corrected chi connectivity index (χ3v) is 26.4. The number of nitrogens with zero attached hydrogens (tertiary/aromatic N) is 1. The van der Waals surface area contributed by atoms with Crippen LogP contribution in [0.1, 0.15) is 492 Å². The first kappa shape index (κ1) is 151. The zero-order valence-electron chi connectivity index (χ0n) is 97.4. The van der Waals surface area contributed by atoms with Crippen LogP contribution in [0.2, 0.25) is 0 Å². The number of unbranched alkanes of at least 4 members (excludes halogenated alkanes) is 50. The number of carbonyl (C=O) groups is 9. The molecule has 0 bridgehead atoms. The fourth-order valence-electron chi connectivity index (χ4n) is 16.4. The maximum Gasteiger partial charge on any atom is 0.306 e. The van der Waals surface area contributed by atoms with Gasteiger partial charge in [0, 0.05) is 97.9 Å². The summed E-state index contributed by atoms with van der Waals surface area (Å²) in [4.78, 5) is 127. The van der Waals surface area contributed by atoms with Gasteiger partial charge in [0.2, 0.25) is 18.1 Å². The number of hydrogen-bond donors (Lipinski definition) is 5. The molecule has 2 amide bonds. The van der Waals surface area contributed by atoms with Gasteiger partial charge in [-0.15, -0.1) is 0 Å². The molecule has 0 fully saturated rings. The van der Waals surface area contributed by atoms with E-state index < -0.39 is 73.9 Å². The summed E-state index contributed by atoms with van der Waals surface area (Å²) in [7, 11) is 3.63. The number of amides is 2. The van der Waals surface area contributed by atoms with Crippen molar-refractivity contribution in [1.29, 1.82) is 0 Å². The number of nitrogens with two attached hydrogens (primary N) is 1. The summed E-state index contributed by atoms with van der Waals surface area (Å²) in [5, 5.41) is 8.49. The van der Waals surface area contributed by atoms with E-state index in [0.29, 0.717) is 97.7 Å². The number of quaternary nitrogens is 2. The van der Waals surface area contributed by atoms with Gasteiger partial charge in [-0.1, -0.05) is 335 Å². The quantitative estimate of drug-likeness (QED) is 0.00943. The van der Waals surface area contributed by atoms with Crippen molar-refractivity contribution in [2.45, 2.75) is 529 Å². The molecular formula is C119H226ClN6O23P. The van der Waals surface area contributed by atoms with Gasteiger partial charge in [-0.3, -0.25) is 47.7 Å². The van der Waals surface area contributed by atoms with Crippen molar-refractivity contribution in [3.8, 4) is 0 Å². The van der Waals surface area contributed by atoms with Crippen LogP contribution < -0.4 is 44.7 Å². The molecule has 31 heteroatoms. The van der Waals surface area contributed by atoms with E-state index in [2.05, 4.69) is 119 Å². The second kappa shape index (κ2) is 116. The average molecular weight is 2180 g/mol. The van der Waals surface area contributed by atoms with Gasteiger partial charge in [-0.25, -0.2) is 0 Å². The number of methoxy groups -OCH3 is 1. The summed E-state index contributed by atoms with van der Waals surface area (Å²) in [6.07, 6.45) is 83.8. The minimum absolute atomic E-state index is 0. The van der Waals surface area contributed by atoms with Gasteiger partial charge in [0.05, 0.1) is 54.1 Å². The number of allylic oxidation sites excluding steroid dienone is 8. The normalized spacial score (nSPS) is 13.2. The zero-order valence-corrected chi connectivity index (χ0v) is 99.1. The number of halogens is 1. The Balaban J connectivity index is -0.00000106. The van der Waals surface area contributed by atoms with Crippen LogP contribution in [0.15, 0.2) is 48.6 Å². The fourth-order valence-corrected chi connectivity index (χ4v) is 17.2. The highest BCUT2D eigenvalue weighted by Crippen LogP contribution is 2.38. The molecule has 0 rings (SSSR count). The number of ketones is 1. The van der Waals surface area contributed by atoms with E-state index in [9.17, 15) is 52.6 Å². The number of Topliss-reactive ketones (excluding diaryl/α,β-unsaturated/α-hetero) is 1. The Labute approximate surface area is 920 Å². The molecule has 8 N–H and O–H groups in total. The lowest BCUT2D eigenvalue weighted by Crippen LogP contribution is -3.00. The van der Waals surface area contributed by atoms with E-state index in [1.165, 1.54) is 323 Å². The molecule has 0 aromatic rings. The largest absolute Gasteiger partial charge is 1.00 e. The van der Waals surface area contributed by atoms with Crippen LogP contribution in [-0.2, 0) is 104 Å². The lowest BCUT2D eigenvalue weighted by atomic mass is 9.96. The summed E-state index contributed by atoms with van der Waals surface area (Å²) in [5.41, 5.74) is 9.08. The van der Waals surface area contributed by atoms with Crippen molar-refractivity contribution in [1.82, 2.24) is 16.0 Å². The van der Waals surface area contributed by atoms with E-state index in [4.69, 9.17) is 62.1 Å². The smallest absolute Gasteiger partial charge is 0.306 e. The summed E-state index contributed by atoms with van der Waals surface area (Å²) in [6, 6.07) is 0. The molecule has 5 unspecified atom stereocenters. The maximum absolute atomic E-state index is 13.6. The van der Waals surface area contributed by atoms with Crippen LogP contribution in [-0.4, -0.2) is 228 Å². The van der Waals surface area contributed by atoms with Crippen LogP contribution in [0.5, 0.6) is 0 Å².